The fourth-order valence-electron chi connectivity index (χ4n) is 2.14. The van der Waals surface area contributed by atoms with Gasteiger partial charge in [-0.2, -0.15) is 0 Å². The Kier molecular flexibility index (Phi) is 4.54. The first-order valence-electron chi connectivity index (χ1n) is 5.70. The van der Waals surface area contributed by atoms with Crippen molar-refractivity contribution in [2.75, 3.05) is 19.7 Å². The monoisotopic (exact) mass is 216 g/mol. The van der Waals surface area contributed by atoms with Gasteiger partial charge in [0.05, 0.1) is 26.1 Å². The van der Waals surface area contributed by atoms with E-state index in [0.29, 0.717) is 5.92 Å². The second-order valence-corrected chi connectivity index (χ2v) is 4.69. The van der Waals surface area contributed by atoms with Gasteiger partial charge in [-0.05, 0) is 13.8 Å². The Labute approximate surface area is 91.0 Å². The predicted octanol–water partition coefficient (Wildman–Crippen LogP) is -0.336. The number of esters is 1. The van der Waals surface area contributed by atoms with Gasteiger partial charge in [-0.1, -0.05) is 0 Å². The van der Waals surface area contributed by atoms with E-state index in [1.165, 1.54) is 0 Å². The second kappa shape index (κ2) is 5.47. The smallest absolute Gasteiger partial charge is 0.308 e. The molecule has 3 N–H and O–H groups in total. The Bertz CT molecular complexity index is 210. The summed E-state index contributed by atoms with van der Waals surface area (Å²) in [6.45, 7) is 6.04. The quantitative estimate of drug-likeness (QED) is 0.632. The van der Waals surface area contributed by atoms with Crippen LogP contribution in [0.3, 0.4) is 0 Å². The first-order chi connectivity index (χ1) is 7.06. The van der Waals surface area contributed by atoms with Crippen LogP contribution < -0.4 is 5.32 Å². The number of rotatable bonds is 4. The number of carbonyl (C=O) groups excluding carboxylic acids is 1. The van der Waals surface area contributed by atoms with Crippen LogP contribution in [0.25, 0.3) is 0 Å². The van der Waals surface area contributed by atoms with Crippen molar-refractivity contribution in [3.05, 3.63) is 0 Å². The maximum Gasteiger partial charge on any atom is 0.308 e. The van der Waals surface area contributed by atoms with Gasteiger partial charge in [0.2, 0.25) is 0 Å². The molecule has 0 amide bonds. The van der Waals surface area contributed by atoms with Crippen LogP contribution in [0, 0.1) is 5.92 Å². The highest BCUT2D eigenvalue weighted by Gasteiger charge is 2.34. The molecule has 1 aliphatic rings. The number of ether oxygens (including phenoxy) is 1. The minimum Gasteiger partial charge on any atom is -0.459 e. The van der Waals surface area contributed by atoms with Crippen molar-refractivity contribution < 1.29 is 20.0 Å². The molecule has 0 aliphatic carbocycles. The van der Waals surface area contributed by atoms with Crippen LogP contribution in [0.5, 0.6) is 0 Å². The standard InChI is InChI=1S/C11H21NO3/c1-11(2,15-10(14)5-8-13)9-3-6-12-7-4-9/h9,12-13H,3-8H2,1-2H3/p+1. The third-order valence-electron chi connectivity index (χ3n) is 3.11. The second-order valence-electron chi connectivity index (χ2n) is 4.69. The number of aliphatic hydroxyl groups excluding tert-OH is 1. The van der Waals surface area contributed by atoms with Crippen LogP contribution >= 0.6 is 0 Å². The summed E-state index contributed by atoms with van der Waals surface area (Å²) in [6.07, 6.45) is 2.29. The third kappa shape index (κ3) is 3.80. The average Bonchev–Trinajstić information content (AvgIpc) is 2.18. The van der Waals surface area contributed by atoms with E-state index in [-0.39, 0.29) is 24.6 Å². The van der Waals surface area contributed by atoms with E-state index in [0.717, 1.165) is 25.9 Å². The molecule has 0 bridgehead atoms. The maximum absolute atomic E-state index is 11.3. The SMILES string of the molecule is CC(C)(OC(=O)CCO)C1CC[NH2+]CC1. The van der Waals surface area contributed by atoms with Crippen molar-refractivity contribution in [3.63, 3.8) is 0 Å². The molecule has 0 saturated carbocycles. The van der Waals surface area contributed by atoms with Crippen molar-refractivity contribution in [1.29, 1.82) is 0 Å². The number of hydrogen-bond acceptors (Lipinski definition) is 3. The molecule has 0 aromatic heterocycles. The van der Waals surface area contributed by atoms with Crippen LogP contribution in [0.2, 0.25) is 0 Å². The topological polar surface area (TPSA) is 63.1 Å². The lowest BCUT2D eigenvalue weighted by atomic mass is 9.83. The van der Waals surface area contributed by atoms with Gasteiger partial charge in [0.25, 0.3) is 0 Å². The van der Waals surface area contributed by atoms with Gasteiger partial charge in [-0.15, -0.1) is 0 Å². The fraction of sp³-hybridized carbons (Fsp3) is 0.909. The van der Waals surface area contributed by atoms with Crippen LogP contribution in [0.4, 0.5) is 0 Å². The Morgan fingerprint density at radius 2 is 2.07 bits per heavy atom. The lowest BCUT2D eigenvalue weighted by molar-refractivity contribution is -0.665. The summed E-state index contributed by atoms with van der Waals surface area (Å²) in [5, 5.41) is 10.9. The van der Waals surface area contributed by atoms with Gasteiger partial charge in [-0.25, -0.2) is 0 Å². The van der Waals surface area contributed by atoms with Gasteiger partial charge in [0.15, 0.2) is 0 Å². The number of hydrogen-bond donors (Lipinski definition) is 2. The summed E-state index contributed by atoms with van der Waals surface area (Å²) >= 11 is 0. The largest absolute Gasteiger partial charge is 0.459 e. The molecule has 0 aromatic rings. The molecule has 88 valence electrons. The third-order valence-corrected chi connectivity index (χ3v) is 3.11. The molecule has 1 fully saturated rings. The molecule has 1 aliphatic heterocycles. The Balaban J connectivity index is 2.45. The van der Waals surface area contributed by atoms with E-state index >= 15 is 0 Å². The summed E-state index contributed by atoms with van der Waals surface area (Å²) in [6, 6.07) is 0. The summed E-state index contributed by atoms with van der Waals surface area (Å²) in [5.74, 6) is 0.155. The molecule has 4 heteroatoms. The normalized spacial score (nSPS) is 18.9. The Hall–Kier alpha value is -0.610. The lowest BCUT2D eigenvalue weighted by Crippen LogP contribution is -2.86. The van der Waals surface area contributed by atoms with Gasteiger partial charge in [0.1, 0.15) is 5.60 Å². The fourth-order valence-corrected chi connectivity index (χ4v) is 2.14. The minimum atomic E-state index is -0.388. The van der Waals surface area contributed by atoms with Crippen LogP contribution in [0.1, 0.15) is 33.1 Å². The molecule has 0 radical (unpaired) electrons. The van der Waals surface area contributed by atoms with Crippen LogP contribution in [-0.2, 0) is 9.53 Å². The van der Waals surface area contributed by atoms with E-state index in [2.05, 4.69) is 5.32 Å². The summed E-state index contributed by atoms with van der Waals surface area (Å²) in [5.41, 5.74) is -0.388. The molecular weight excluding hydrogens is 194 g/mol. The van der Waals surface area contributed by atoms with Crippen molar-refractivity contribution in [2.45, 2.75) is 38.7 Å². The Morgan fingerprint density at radius 1 is 1.47 bits per heavy atom. The van der Waals surface area contributed by atoms with E-state index < -0.39 is 0 Å². The number of piperidine rings is 1. The lowest BCUT2D eigenvalue weighted by Gasteiger charge is -2.35. The van der Waals surface area contributed by atoms with E-state index in [9.17, 15) is 4.79 Å². The average molecular weight is 216 g/mol. The predicted molar refractivity (Wildman–Crippen MR) is 56.3 cm³/mol. The highest BCUT2D eigenvalue weighted by molar-refractivity contribution is 5.69. The molecular formula is C11H22NO3+. The molecule has 1 saturated heterocycles. The number of quaternary nitrogens is 1. The van der Waals surface area contributed by atoms with Crippen molar-refractivity contribution in [1.82, 2.24) is 0 Å². The molecule has 0 aromatic carbocycles. The van der Waals surface area contributed by atoms with Crippen molar-refractivity contribution >= 4 is 5.97 Å². The van der Waals surface area contributed by atoms with Crippen LogP contribution in [-0.4, -0.2) is 36.4 Å². The van der Waals surface area contributed by atoms with Gasteiger partial charge in [-0.3, -0.25) is 4.79 Å². The summed E-state index contributed by atoms with van der Waals surface area (Å²) < 4.78 is 5.40. The zero-order valence-corrected chi connectivity index (χ0v) is 9.66. The molecule has 0 unspecified atom stereocenters. The molecule has 4 nitrogen and oxygen atoms in total. The van der Waals surface area contributed by atoms with E-state index in [4.69, 9.17) is 9.84 Å². The maximum atomic E-state index is 11.3. The number of carbonyl (C=O) groups is 1. The van der Waals surface area contributed by atoms with E-state index in [1.54, 1.807) is 0 Å². The zero-order chi connectivity index (χ0) is 11.3. The zero-order valence-electron chi connectivity index (χ0n) is 9.66. The summed E-state index contributed by atoms with van der Waals surface area (Å²) in [4.78, 5) is 11.3. The van der Waals surface area contributed by atoms with Gasteiger partial charge >= 0.3 is 5.97 Å². The highest BCUT2D eigenvalue weighted by atomic mass is 16.6. The van der Waals surface area contributed by atoms with E-state index in [1.807, 2.05) is 13.8 Å². The van der Waals surface area contributed by atoms with Crippen molar-refractivity contribution in [2.24, 2.45) is 5.92 Å². The minimum absolute atomic E-state index is 0.0995. The number of nitrogens with two attached hydrogens (primary N) is 1. The molecule has 15 heavy (non-hydrogen) atoms. The van der Waals surface area contributed by atoms with Crippen molar-refractivity contribution in [3.8, 4) is 0 Å². The van der Waals surface area contributed by atoms with Gasteiger partial charge in [0, 0.05) is 18.8 Å². The molecule has 1 heterocycles. The molecule has 0 atom stereocenters. The highest BCUT2D eigenvalue weighted by Crippen LogP contribution is 2.28. The first-order valence-corrected chi connectivity index (χ1v) is 5.70. The van der Waals surface area contributed by atoms with Gasteiger partial charge < -0.3 is 15.2 Å². The number of aliphatic hydroxyl groups is 1. The summed E-state index contributed by atoms with van der Waals surface area (Å²) in [7, 11) is 0. The molecule has 0 spiro atoms. The Morgan fingerprint density at radius 3 is 2.60 bits per heavy atom. The first kappa shape index (κ1) is 12.5. The molecule has 1 rings (SSSR count). The van der Waals surface area contributed by atoms with Crippen LogP contribution in [0.15, 0.2) is 0 Å².